The largest absolute Gasteiger partial charge is 0.445 e. The number of ether oxygens (including phenoxy) is 1. The monoisotopic (exact) mass is 195 g/mol. The molecule has 1 amide bonds. The van der Waals surface area contributed by atoms with Gasteiger partial charge in [-0.15, -0.1) is 0 Å². The summed E-state index contributed by atoms with van der Waals surface area (Å²) in [4.78, 5) is 10.6. The number of alkyl halides is 2. The van der Waals surface area contributed by atoms with E-state index in [4.69, 9.17) is 5.11 Å². The van der Waals surface area contributed by atoms with Gasteiger partial charge < -0.3 is 15.2 Å². The van der Waals surface area contributed by atoms with Gasteiger partial charge in [0.25, 0.3) is 6.43 Å². The fourth-order valence-electron chi connectivity index (χ4n) is 0.463. The molecule has 6 heteroatoms. The summed E-state index contributed by atoms with van der Waals surface area (Å²) in [5.41, 5.74) is 0. The van der Waals surface area contributed by atoms with E-state index in [1.165, 1.54) is 6.08 Å². The van der Waals surface area contributed by atoms with Gasteiger partial charge in [0.1, 0.15) is 12.7 Å². The first kappa shape index (κ1) is 11.8. The van der Waals surface area contributed by atoms with Crippen molar-refractivity contribution in [3.63, 3.8) is 0 Å². The smallest absolute Gasteiger partial charge is 0.407 e. The van der Waals surface area contributed by atoms with Gasteiger partial charge in [0.2, 0.25) is 0 Å². The average molecular weight is 195 g/mol. The van der Waals surface area contributed by atoms with E-state index in [1.807, 2.05) is 5.32 Å². The first-order valence-electron chi connectivity index (χ1n) is 3.55. The molecule has 0 spiro atoms. The lowest BCUT2D eigenvalue weighted by atomic mass is 10.4. The number of rotatable bonds is 5. The molecule has 1 atom stereocenters. The van der Waals surface area contributed by atoms with Crippen LogP contribution >= 0.6 is 0 Å². The van der Waals surface area contributed by atoms with Crippen molar-refractivity contribution in [2.75, 3.05) is 13.2 Å². The molecule has 13 heavy (non-hydrogen) atoms. The minimum Gasteiger partial charge on any atom is -0.445 e. The highest BCUT2D eigenvalue weighted by Gasteiger charge is 2.17. The summed E-state index contributed by atoms with van der Waals surface area (Å²) in [6, 6.07) is 0. The Bertz CT molecular complexity index is 175. The molecule has 0 aliphatic rings. The Labute approximate surface area is 74.2 Å². The van der Waals surface area contributed by atoms with Crippen LogP contribution in [0.5, 0.6) is 0 Å². The molecular formula is C7H11F2NO3. The maximum absolute atomic E-state index is 11.7. The van der Waals surface area contributed by atoms with Crippen molar-refractivity contribution in [3.8, 4) is 0 Å². The van der Waals surface area contributed by atoms with Gasteiger partial charge in [-0.3, -0.25) is 0 Å². The number of hydrogen-bond donors (Lipinski definition) is 2. The Morgan fingerprint density at radius 2 is 2.31 bits per heavy atom. The zero-order chi connectivity index (χ0) is 10.3. The molecule has 1 unspecified atom stereocenters. The van der Waals surface area contributed by atoms with E-state index >= 15 is 0 Å². The van der Waals surface area contributed by atoms with Crippen LogP contribution in [-0.2, 0) is 4.74 Å². The molecule has 0 saturated heterocycles. The standard InChI is InChI=1S/C7H11F2NO3/c1-2-3-13-7(12)10-4-5(11)6(8)9/h2,5-6,11H,1,3-4H2,(H,10,12). The summed E-state index contributed by atoms with van der Waals surface area (Å²) in [6.45, 7) is 2.74. The lowest BCUT2D eigenvalue weighted by Crippen LogP contribution is -2.36. The summed E-state index contributed by atoms with van der Waals surface area (Å²) in [7, 11) is 0. The first-order valence-corrected chi connectivity index (χ1v) is 3.55. The van der Waals surface area contributed by atoms with Gasteiger partial charge >= 0.3 is 6.09 Å². The zero-order valence-corrected chi connectivity index (χ0v) is 6.87. The summed E-state index contributed by atoms with van der Waals surface area (Å²) in [5, 5.41) is 10.5. The number of aliphatic hydroxyl groups excluding tert-OH is 1. The first-order chi connectivity index (χ1) is 6.07. The van der Waals surface area contributed by atoms with Crippen molar-refractivity contribution < 1.29 is 23.4 Å². The summed E-state index contributed by atoms with van der Waals surface area (Å²) in [6.07, 6.45) is -4.26. The maximum Gasteiger partial charge on any atom is 0.407 e. The van der Waals surface area contributed by atoms with E-state index in [0.29, 0.717) is 0 Å². The normalized spacial score (nSPS) is 12.3. The molecule has 76 valence electrons. The third-order valence-corrected chi connectivity index (χ3v) is 1.08. The molecule has 0 aromatic heterocycles. The van der Waals surface area contributed by atoms with Crippen molar-refractivity contribution in [1.82, 2.24) is 5.32 Å². The fourth-order valence-corrected chi connectivity index (χ4v) is 0.463. The molecule has 0 aromatic carbocycles. The van der Waals surface area contributed by atoms with Crippen molar-refractivity contribution in [3.05, 3.63) is 12.7 Å². The summed E-state index contributed by atoms with van der Waals surface area (Å²) < 4.78 is 27.7. The van der Waals surface area contributed by atoms with Crippen molar-refractivity contribution in [1.29, 1.82) is 0 Å². The van der Waals surface area contributed by atoms with Crippen LogP contribution in [0.2, 0.25) is 0 Å². The highest BCUT2D eigenvalue weighted by molar-refractivity contribution is 5.67. The van der Waals surface area contributed by atoms with E-state index in [9.17, 15) is 13.6 Å². The average Bonchev–Trinajstić information content (AvgIpc) is 2.10. The molecular weight excluding hydrogens is 184 g/mol. The zero-order valence-electron chi connectivity index (χ0n) is 6.87. The Kier molecular flexibility index (Phi) is 5.79. The van der Waals surface area contributed by atoms with Gasteiger partial charge in [0.05, 0.1) is 6.54 Å². The highest BCUT2D eigenvalue weighted by Crippen LogP contribution is 1.98. The van der Waals surface area contributed by atoms with E-state index in [2.05, 4.69) is 11.3 Å². The molecule has 4 nitrogen and oxygen atoms in total. The van der Waals surface area contributed by atoms with Gasteiger partial charge in [-0.2, -0.15) is 0 Å². The minimum atomic E-state index is -2.88. The van der Waals surface area contributed by atoms with Gasteiger partial charge in [0.15, 0.2) is 0 Å². The lowest BCUT2D eigenvalue weighted by molar-refractivity contribution is -0.00309. The van der Waals surface area contributed by atoms with E-state index in [-0.39, 0.29) is 6.61 Å². The number of alkyl carbamates (subject to hydrolysis) is 1. The van der Waals surface area contributed by atoms with Gasteiger partial charge in [-0.05, 0) is 0 Å². The third-order valence-electron chi connectivity index (χ3n) is 1.08. The van der Waals surface area contributed by atoms with Gasteiger partial charge in [-0.1, -0.05) is 12.7 Å². The second kappa shape index (κ2) is 6.36. The number of carbonyl (C=O) groups excluding carboxylic acids is 1. The van der Waals surface area contributed by atoms with Crippen LogP contribution in [0.3, 0.4) is 0 Å². The van der Waals surface area contributed by atoms with Crippen LogP contribution in [0.1, 0.15) is 0 Å². The van der Waals surface area contributed by atoms with Crippen LogP contribution in [0.25, 0.3) is 0 Å². The van der Waals surface area contributed by atoms with E-state index < -0.39 is 25.2 Å². The molecule has 0 aromatic rings. The van der Waals surface area contributed by atoms with Crippen molar-refractivity contribution >= 4 is 6.09 Å². The third kappa shape index (κ3) is 6.03. The number of hydrogen-bond acceptors (Lipinski definition) is 3. The van der Waals surface area contributed by atoms with E-state index in [1.54, 1.807) is 0 Å². The Balaban J connectivity index is 3.51. The molecule has 0 rings (SSSR count). The van der Waals surface area contributed by atoms with Gasteiger partial charge in [-0.25, -0.2) is 13.6 Å². The number of nitrogens with one attached hydrogen (secondary N) is 1. The van der Waals surface area contributed by atoms with Crippen molar-refractivity contribution in [2.45, 2.75) is 12.5 Å². The van der Waals surface area contributed by atoms with Crippen molar-refractivity contribution in [2.24, 2.45) is 0 Å². The molecule has 0 radical (unpaired) electrons. The second-order valence-electron chi connectivity index (χ2n) is 2.17. The summed E-state index contributed by atoms with van der Waals surface area (Å²) >= 11 is 0. The van der Waals surface area contributed by atoms with Crippen LogP contribution in [0, 0.1) is 0 Å². The van der Waals surface area contributed by atoms with Crippen LogP contribution in [-0.4, -0.2) is 36.9 Å². The Morgan fingerprint density at radius 1 is 1.69 bits per heavy atom. The number of aliphatic hydroxyl groups is 1. The van der Waals surface area contributed by atoms with Crippen LogP contribution in [0.4, 0.5) is 13.6 Å². The number of halogens is 2. The molecule has 0 bridgehead atoms. The number of amides is 1. The highest BCUT2D eigenvalue weighted by atomic mass is 19.3. The Hall–Kier alpha value is -1.17. The topological polar surface area (TPSA) is 58.6 Å². The quantitative estimate of drug-likeness (QED) is 0.629. The minimum absolute atomic E-state index is 0.00337. The predicted molar refractivity (Wildman–Crippen MR) is 41.6 cm³/mol. The second-order valence-corrected chi connectivity index (χ2v) is 2.17. The molecule has 0 heterocycles. The molecule has 0 saturated carbocycles. The van der Waals surface area contributed by atoms with E-state index in [0.717, 1.165) is 0 Å². The SMILES string of the molecule is C=CCOC(=O)NCC(O)C(F)F. The molecule has 2 N–H and O–H groups in total. The number of carbonyl (C=O) groups is 1. The maximum atomic E-state index is 11.7. The molecule has 0 fully saturated rings. The Morgan fingerprint density at radius 3 is 2.77 bits per heavy atom. The molecule has 0 aliphatic heterocycles. The van der Waals surface area contributed by atoms with Crippen LogP contribution in [0.15, 0.2) is 12.7 Å². The summed E-state index contributed by atoms with van der Waals surface area (Å²) in [5.74, 6) is 0. The fraction of sp³-hybridized carbons (Fsp3) is 0.571. The van der Waals surface area contributed by atoms with Gasteiger partial charge in [0, 0.05) is 0 Å². The molecule has 0 aliphatic carbocycles. The lowest BCUT2D eigenvalue weighted by Gasteiger charge is -2.09. The predicted octanol–water partition coefficient (Wildman–Crippen LogP) is 0.525. The van der Waals surface area contributed by atoms with Crippen LogP contribution < -0.4 is 5.32 Å².